The number of hydrogen-bond donors (Lipinski definition) is 1. The van der Waals surface area contributed by atoms with Gasteiger partial charge < -0.3 is 24.6 Å². The Kier molecular flexibility index (Phi) is 7.39. The van der Waals surface area contributed by atoms with Crippen LogP contribution in [0.25, 0.3) is 0 Å². The van der Waals surface area contributed by atoms with Gasteiger partial charge in [0.05, 0.1) is 17.1 Å². The molecule has 2 aliphatic heterocycles. The van der Waals surface area contributed by atoms with Crippen LogP contribution in [-0.4, -0.2) is 77.7 Å². The highest BCUT2D eigenvalue weighted by Gasteiger charge is 2.37. The van der Waals surface area contributed by atoms with Gasteiger partial charge in [0.15, 0.2) is 21.5 Å². The lowest BCUT2D eigenvalue weighted by Gasteiger charge is -2.41. The number of rotatable bonds is 5. The van der Waals surface area contributed by atoms with Gasteiger partial charge in [-0.15, -0.1) is 5.10 Å². The SMILES string of the molecule is Cn1nc(OC(=O)N2CCC(N3CCOc4c(Nc5ccc(S(C)(=O)=O)cc5F)ncnc43)CC2)cc1C(F)(F)F. The fourth-order valence-corrected chi connectivity index (χ4v) is 5.36. The summed E-state index contributed by atoms with van der Waals surface area (Å²) in [5.41, 5.74) is -1.03. The van der Waals surface area contributed by atoms with E-state index in [1.807, 2.05) is 4.90 Å². The number of hydrogen-bond acceptors (Lipinski definition) is 10. The van der Waals surface area contributed by atoms with E-state index in [0.29, 0.717) is 41.7 Å². The lowest BCUT2D eigenvalue weighted by atomic mass is 10.0. The highest BCUT2D eigenvalue weighted by atomic mass is 32.2. The lowest BCUT2D eigenvalue weighted by Crippen LogP contribution is -2.50. The number of ether oxygens (including phenoxy) is 2. The Morgan fingerprint density at radius 1 is 1.15 bits per heavy atom. The standard InChI is InChI=1S/C24H25F4N7O5S/c1-33-18(24(26,27)28)12-19(32-33)40-23(36)34-7-5-14(6-8-34)35-9-10-39-20-21(29-13-30-22(20)35)31-17-4-3-15(11-16(17)25)41(2,37)38/h3-4,11-14H,5-10H2,1-2H3,(H,29,30,31). The van der Waals surface area contributed by atoms with Gasteiger partial charge in [0.25, 0.3) is 0 Å². The number of piperidine rings is 1. The van der Waals surface area contributed by atoms with Crippen molar-refractivity contribution < 1.29 is 40.2 Å². The molecule has 41 heavy (non-hydrogen) atoms. The van der Waals surface area contributed by atoms with E-state index in [4.69, 9.17) is 9.47 Å². The van der Waals surface area contributed by atoms with Gasteiger partial charge in [-0.2, -0.15) is 13.2 Å². The first-order valence-electron chi connectivity index (χ1n) is 12.4. The molecule has 2 aromatic heterocycles. The Bertz CT molecular complexity index is 1570. The average Bonchev–Trinajstić information content (AvgIpc) is 3.29. The molecule has 0 unspecified atom stereocenters. The number of fused-ring (bicyclic) bond motifs is 1. The molecular formula is C24H25F4N7O5S. The second-order valence-corrected chi connectivity index (χ2v) is 11.5. The fraction of sp³-hybridized carbons (Fsp3) is 0.417. The van der Waals surface area contributed by atoms with Gasteiger partial charge in [-0.05, 0) is 31.0 Å². The first-order chi connectivity index (χ1) is 19.3. The third-order valence-electron chi connectivity index (χ3n) is 6.76. The van der Waals surface area contributed by atoms with Crippen molar-refractivity contribution in [2.75, 3.05) is 42.7 Å². The fourth-order valence-electron chi connectivity index (χ4n) is 4.72. The molecule has 1 aromatic carbocycles. The molecule has 0 atom stereocenters. The van der Waals surface area contributed by atoms with Crippen molar-refractivity contribution in [2.45, 2.75) is 30.0 Å². The number of carbonyl (C=O) groups is 1. The molecule has 0 radical (unpaired) electrons. The summed E-state index contributed by atoms with van der Waals surface area (Å²) in [4.78, 5) is 24.4. The van der Waals surface area contributed by atoms with E-state index in [-0.39, 0.29) is 42.1 Å². The van der Waals surface area contributed by atoms with Crippen molar-refractivity contribution in [2.24, 2.45) is 7.05 Å². The van der Waals surface area contributed by atoms with Gasteiger partial charge in [-0.1, -0.05) is 0 Å². The molecule has 0 spiro atoms. The molecule has 2 aliphatic rings. The number of nitrogens with zero attached hydrogens (tertiary/aromatic N) is 6. The van der Waals surface area contributed by atoms with E-state index in [9.17, 15) is 30.8 Å². The Morgan fingerprint density at radius 2 is 1.88 bits per heavy atom. The summed E-state index contributed by atoms with van der Waals surface area (Å²) in [6, 6.07) is 4.11. The molecule has 1 fully saturated rings. The lowest BCUT2D eigenvalue weighted by molar-refractivity contribution is -0.143. The highest BCUT2D eigenvalue weighted by Crippen LogP contribution is 2.39. The van der Waals surface area contributed by atoms with Crippen LogP contribution in [0.5, 0.6) is 11.6 Å². The monoisotopic (exact) mass is 599 g/mol. The molecular weight excluding hydrogens is 574 g/mol. The summed E-state index contributed by atoms with van der Waals surface area (Å²) < 4.78 is 88.6. The number of benzene rings is 1. The summed E-state index contributed by atoms with van der Waals surface area (Å²) in [6.45, 7) is 1.34. The normalized spacial score (nSPS) is 16.2. The van der Waals surface area contributed by atoms with Crippen molar-refractivity contribution in [3.05, 3.63) is 42.1 Å². The van der Waals surface area contributed by atoms with E-state index in [1.165, 1.54) is 23.4 Å². The number of aromatic nitrogens is 4. The number of likely N-dealkylation sites (tertiary alicyclic amines) is 1. The topological polar surface area (TPSA) is 132 Å². The summed E-state index contributed by atoms with van der Waals surface area (Å²) in [7, 11) is -2.47. The number of carbonyl (C=O) groups excluding carboxylic acids is 1. The van der Waals surface area contributed by atoms with Crippen LogP contribution in [0.2, 0.25) is 0 Å². The number of nitrogens with one attached hydrogen (secondary N) is 1. The summed E-state index contributed by atoms with van der Waals surface area (Å²) >= 11 is 0. The maximum atomic E-state index is 14.7. The third kappa shape index (κ3) is 5.98. The third-order valence-corrected chi connectivity index (χ3v) is 7.87. The first kappa shape index (κ1) is 28.4. The largest absolute Gasteiger partial charge is 0.485 e. The van der Waals surface area contributed by atoms with Crippen LogP contribution in [0.3, 0.4) is 0 Å². The van der Waals surface area contributed by atoms with E-state index in [2.05, 4.69) is 20.4 Å². The van der Waals surface area contributed by atoms with Crippen molar-refractivity contribution in [1.82, 2.24) is 24.6 Å². The van der Waals surface area contributed by atoms with Gasteiger partial charge in [0, 0.05) is 38.5 Å². The predicted octanol–water partition coefficient (Wildman–Crippen LogP) is 3.38. The summed E-state index contributed by atoms with van der Waals surface area (Å²) in [5.74, 6) is -0.264. The Hall–Kier alpha value is -4.15. The van der Waals surface area contributed by atoms with Crippen LogP contribution in [0, 0.1) is 5.82 Å². The van der Waals surface area contributed by atoms with Crippen LogP contribution in [0.1, 0.15) is 18.5 Å². The molecule has 0 saturated carbocycles. The zero-order valence-corrected chi connectivity index (χ0v) is 22.7. The Labute approximate surface area is 231 Å². The summed E-state index contributed by atoms with van der Waals surface area (Å²) in [6.07, 6.45) is -2.12. The van der Waals surface area contributed by atoms with Crippen molar-refractivity contribution in [1.29, 1.82) is 0 Å². The second-order valence-electron chi connectivity index (χ2n) is 9.53. The first-order valence-corrected chi connectivity index (χ1v) is 14.3. The van der Waals surface area contributed by atoms with Gasteiger partial charge in [0.2, 0.25) is 11.6 Å². The van der Waals surface area contributed by atoms with Crippen molar-refractivity contribution in [3.8, 4) is 11.6 Å². The summed E-state index contributed by atoms with van der Waals surface area (Å²) in [5, 5.41) is 6.46. The predicted molar refractivity (Wildman–Crippen MR) is 136 cm³/mol. The Morgan fingerprint density at radius 3 is 2.51 bits per heavy atom. The van der Waals surface area contributed by atoms with E-state index >= 15 is 0 Å². The molecule has 220 valence electrons. The van der Waals surface area contributed by atoms with Gasteiger partial charge >= 0.3 is 12.3 Å². The van der Waals surface area contributed by atoms with Crippen LogP contribution < -0.4 is 19.7 Å². The van der Waals surface area contributed by atoms with Gasteiger partial charge in [-0.25, -0.2) is 27.6 Å². The maximum Gasteiger partial charge on any atom is 0.433 e. The smallest absolute Gasteiger partial charge is 0.433 e. The zero-order valence-electron chi connectivity index (χ0n) is 21.9. The number of amides is 1. The van der Waals surface area contributed by atoms with Gasteiger partial charge in [-0.3, -0.25) is 4.68 Å². The number of alkyl halides is 3. The van der Waals surface area contributed by atoms with E-state index < -0.39 is 39.5 Å². The maximum absolute atomic E-state index is 14.7. The van der Waals surface area contributed by atoms with Crippen molar-refractivity contribution in [3.63, 3.8) is 0 Å². The molecule has 12 nitrogen and oxygen atoms in total. The quantitative estimate of drug-likeness (QED) is 0.436. The molecule has 0 aliphatic carbocycles. The highest BCUT2D eigenvalue weighted by molar-refractivity contribution is 7.90. The minimum absolute atomic E-state index is 0.00102. The average molecular weight is 600 g/mol. The molecule has 3 aromatic rings. The van der Waals surface area contributed by atoms with Crippen molar-refractivity contribution >= 4 is 33.3 Å². The molecule has 0 bridgehead atoms. The number of sulfone groups is 1. The Balaban J connectivity index is 1.25. The minimum Gasteiger partial charge on any atom is -0.485 e. The van der Waals surface area contributed by atoms with E-state index in [0.717, 1.165) is 19.4 Å². The number of anilines is 3. The van der Waals surface area contributed by atoms with Crippen LogP contribution in [0.4, 0.5) is 39.7 Å². The van der Waals surface area contributed by atoms with Crippen LogP contribution in [0.15, 0.2) is 35.5 Å². The van der Waals surface area contributed by atoms with Crippen LogP contribution >= 0.6 is 0 Å². The van der Waals surface area contributed by atoms with E-state index in [1.54, 1.807) is 0 Å². The number of aryl methyl sites for hydroxylation is 1. The van der Waals surface area contributed by atoms with Crippen LogP contribution in [-0.2, 0) is 23.1 Å². The minimum atomic E-state index is -4.63. The molecule has 1 amide bonds. The molecule has 1 N–H and O–H groups in total. The second kappa shape index (κ2) is 10.7. The van der Waals surface area contributed by atoms with Gasteiger partial charge in [0.1, 0.15) is 24.4 Å². The molecule has 1 saturated heterocycles. The number of halogens is 4. The molecule has 4 heterocycles. The zero-order chi connectivity index (χ0) is 29.5. The molecule has 17 heteroatoms. The molecule has 5 rings (SSSR count).